The fourth-order valence-electron chi connectivity index (χ4n) is 1.06. The first-order chi connectivity index (χ1) is 6.00. The van der Waals surface area contributed by atoms with Crippen LogP contribution in [0.5, 0.6) is 0 Å². The van der Waals surface area contributed by atoms with Crippen molar-refractivity contribution < 1.29 is 14.7 Å². The van der Waals surface area contributed by atoms with Gasteiger partial charge in [0.05, 0.1) is 0 Å². The largest absolute Gasteiger partial charge is 0.481 e. The summed E-state index contributed by atoms with van der Waals surface area (Å²) in [7, 11) is 0. The minimum Gasteiger partial charge on any atom is -0.481 e. The zero-order valence-corrected chi connectivity index (χ0v) is 8.33. The second-order valence-corrected chi connectivity index (χ2v) is 3.35. The van der Waals surface area contributed by atoms with Gasteiger partial charge < -0.3 is 10.4 Å². The van der Waals surface area contributed by atoms with Crippen LogP contribution in [0.4, 0.5) is 0 Å². The van der Waals surface area contributed by atoms with Crippen molar-refractivity contribution in [3.8, 4) is 0 Å². The molecule has 0 aliphatic rings. The number of amides is 1. The van der Waals surface area contributed by atoms with E-state index in [0.717, 1.165) is 6.42 Å². The van der Waals surface area contributed by atoms with Crippen LogP contribution in [0.25, 0.3) is 0 Å². The average molecular weight is 187 g/mol. The summed E-state index contributed by atoms with van der Waals surface area (Å²) in [4.78, 5) is 22.0. The van der Waals surface area contributed by atoms with E-state index in [2.05, 4.69) is 5.32 Å². The van der Waals surface area contributed by atoms with E-state index in [4.69, 9.17) is 5.11 Å². The maximum atomic E-state index is 11.3. The summed E-state index contributed by atoms with van der Waals surface area (Å²) in [5.41, 5.74) is 0. The Balaban J connectivity index is 4.21. The van der Waals surface area contributed by atoms with Crippen LogP contribution in [0.3, 0.4) is 0 Å². The number of nitrogens with one attached hydrogen (secondary N) is 1. The van der Waals surface area contributed by atoms with Crippen LogP contribution in [0.1, 0.15) is 27.2 Å². The lowest BCUT2D eigenvalue weighted by molar-refractivity contribution is -0.148. The lowest BCUT2D eigenvalue weighted by Gasteiger charge is -2.15. The number of hydrogen-bond acceptors (Lipinski definition) is 2. The van der Waals surface area contributed by atoms with Gasteiger partial charge in [-0.1, -0.05) is 20.8 Å². The molecule has 0 saturated carbocycles. The highest BCUT2D eigenvalue weighted by Gasteiger charge is 2.28. The van der Waals surface area contributed by atoms with Gasteiger partial charge in [-0.2, -0.15) is 0 Å². The normalized spacial score (nSPS) is 12.6. The predicted molar refractivity (Wildman–Crippen MR) is 49.3 cm³/mol. The lowest BCUT2D eigenvalue weighted by atomic mass is 9.95. The maximum absolute atomic E-state index is 11.3. The standard InChI is InChI=1S/C9H17NO3/c1-4-5-10-8(11)7(6(2)3)9(12)13/h6-7H,4-5H2,1-3H3,(H,10,11)(H,12,13). The quantitative estimate of drug-likeness (QED) is 0.627. The molecule has 0 radical (unpaired) electrons. The molecule has 0 aliphatic carbocycles. The van der Waals surface area contributed by atoms with Crippen molar-refractivity contribution in [2.24, 2.45) is 11.8 Å². The number of carboxylic acid groups (broad SMARTS) is 1. The van der Waals surface area contributed by atoms with E-state index in [1.807, 2.05) is 6.92 Å². The van der Waals surface area contributed by atoms with Crippen molar-refractivity contribution in [2.45, 2.75) is 27.2 Å². The van der Waals surface area contributed by atoms with Crippen molar-refractivity contribution in [2.75, 3.05) is 6.54 Å². The summed E-state index contributed by atoms with van der Waals surface area (Å²) in [6.07, 6.45) is 0.816. The molecule has 1 amide bonds. The maximum Gasteiger partial charge on any atom is 0.316 e. The van der Waals surface area contributed by atoms with E-state index in [9.17, 15) is 9.59 Å². The van der Waals surface area contributed by atoms with Gasteiger partial charge in [-0.3, -0.25) is 9.59 Å². The highest BCUT2D eigenvalue weighted by atomic mass is 16.4. The molecule has 0 saturated heterocycles. The summed E-state index contributed by atoms with van der Waals surface area (Å²) in [5.74, 6) is -2.53. The Morgan fingerprint density at radius 1 is 1.38 bits per heavy atom. The molecular weight excluding hydrogens is 170 g/mol. The molecule has 0 aromatic rings. The summed E-state index contributed by atoms with van der Waals surface area (Å²) >= 11 is 0. The van der Waals surface area contributed by atoms with Gasteiger partial charge in [-0.05, 0) is 12.3 Å². The van der Waals surface area contributed by atoms with Gasteiger partial charge in [0.1, 0.15) is 5.92 Å². The second-order valence-electron chi connectivity index (χ2n) is 3.35. The molecule has 4 nitrogen and oxygen atoms in total. The molecule has 0 fully saturated rings. The number of carbonyl (C=O) groups is 2. The van der Waals surface area contributed by atoms with E-state index in [1.165, 1.54) is 0 Å². The van der Waals surface area contributed by atoms with E-state index in [0.29, 0.717) is 6.54 Å². The topological polar surface area (TPSA) is 66.4 Å². The van der Waals surface area contributed by atoms with Crippen LogP contribution in [0.2, 0.25) is 0 Å². The molecule has 13 heavy (non-hydrogen) atoms. The summed E-state index contributed by atoms with van der Waals surface area (Å²) in [5, 5.41) is 11.3. The number of carbonyl (C=O) groups excluding carboxylic acids is 1. The number of aliphatic carboxylic acids is 1. The molecule has 2 N–H and O–H groups in total. The van der Waals surface area contributed by atoms with Crippen molar-refractivity contribution in [1.82, 2.24) is 5.32 Å². The molecule has 0 aliphatic heterocycles. The van der Waals surface area contributed by atoms with E-state index >= 15 is 0 Å². The monoisotopic (exact) mass is 187 g/mol. The fraction of sp³-hybridized carbons (Fsp3) is 0.778. The number of rotatable bonds is 5. The Morgan fingerprint density at radius 2 is 1.92 bits per heavy atom. The van der Waals surface area contributed by atoms with Gasteiger partial charge >= 0.3 is 5.97 Å². The molecule has 0 spiro atoms. The number of carboxylic acids is 1. The van der Waals surface area contributed by atoms with Gasteiger partial charge in [-0.25, -0.2) is 0 Å². The molecule has 0 aromatic carbocycles. The van der Waals surface area contributed by atoms with Gasteiger partial charge in [-0.15, -0.1) is 0 Å². The first-order valence-electron chi connectivity index (χ1n) is 4.51. The number of hydrogen-bond donors (Lipinski definition) is 2. The molecule has 0 aromatic heterocycles. The van der Waals surface area contributed by atoms with E-state index in [-0.39, 0.29) is 11.8 Å². The molecule has 0 rings (SSSR count). The van der Waals surface area contributed by atoms with E-state index < -0.39 is 11.9 Å². The minimum atomic E-state index is -1.05. The summed E-state index contributed by atoms with van der Waals surface area (Å²) in [6.45, 7) is 5.91. The SMILES string of the molecule is CCCNC(=O)C(C(=O)O)C(C)C. The zero-order valence-electron chi connectivity index (χ0n) is 8.33. The first kappa shape index (κ1) is 11.9. The van der Waals surface area contributed by atoms with Crippen LogP contribution in [-0.2, 0) is 9.59 Å². The van der Waals surface area contributed by atoms with Crippen molar-refractivity contribution in [1.29, 1.82) is 0 Å². The van der Waals surface area contributed by atoms with Gasteiger partial charge in [0.25, 0.3) is 0 Å². The van der Waals surface area contributed by atoms with Crippen LogP contribution < -0.4 is 5.32 Å². The fourth-order valence-corrected chi connectivity index (χ4v) is 1.06. The van der Waals surface area contributed by atoms with Crippen LogP contribution in [0, 0.1) is 11.8 Å². The van der Waals surface area contributed by atoms with Crippen LogP contribution in [0.15, 0.2) is 0 Å². The smallest absolute Gasteiger partial charge is 0.316 e. The van der Waals surface area contributed by atoms with Gasteiger partial charge in [0.15, 0.2) is 0 Å². The third-order valence-electron chi connectivity index (χ3n) is 1.76. The molecule has 76 valence electrons. The Bertz CT molecular complexity index is 189. The molecule has 4 heteroatoms. The average Bonchev–Trinajstić information content (AvgIpc) is 1.99. The van der Waals surface area contributed by atoms with Crippen molar-refractivity contribution in [3.05, 3.63) is 0 Å². The molecule has 0 bridgehead atoms. The minimum absolute atomic E-state index is 0.172. The molecule has 1 unspecified atom stereocenters. The summed E-state index contributed by atoms with van der Waals surface area (Å²) < 4.78 is 0. The highest BCUT2D eigenvalue weighted by Crippen LogP contribution is 2.10. The predicted octanol–water partition coefficient (Wildman–Crippen LogP) is 0.869. The third-order valence-corrected chi connectivity index (χ3v) is 1.76. The second kappa shape index (κ2) is 5.56. The molecule has 1 atom stereocenters. The Kier molecular flexibility index (Phi) is 5.11. The highest BCUT2D eigenvalue weighted by molar-refractivity contribution is 5.97. The Hall–Kier alpha value is -1.06. The Morgan fingerprint density at radius 3 is 2.23 bits per heavy atom. The Labute approximate surface area is 78.3 Å². The van der Waals surface area contributed by atoms with Crippen molar-refractivity contribution >= 4 is 11.9 Å². The van der Waals surface area contributed by atoms with Gasteiger partial charge in [0.2, 0.25) is 5.91 Å². The first-order valence-corrected chi connectivity index (χ1v) is 4.51. The molecular formula is C9H17NO3. The lowest BCUT2D eigenvalue weighted by Crippen LogP contribution is -2.38. The zero-order chi connectivity index (χ0) is 10.4. The van der Waals surface area contributed by atoms with Crippen molar-refractivity contribution in [3.63, 3.8) is 0 Å². The van der Waals surface area contributed by atoms with Gasteiger partial charge in [0, 0.05) is 6.54 Å². The molecule has 0 heterocycles. The van der Waals surface area contributed by atoms with Crippen LogP contribution in [-0.4, -0.2) is 23.5 Å². The third kappa shape index (κ3) is 3.92. The summed E-state index contributed by atoms with van der Waals surface area (Å²) in [6, 6.07) is 0. The van der Waals surface area contributed by atoms with E-state index in [1.54, 1.807) is 13.8 Å². The van der Waals surface area contributed by atoms with Crippen LogP contribution >= 0.6 is 0 Å².